The molecule has 21 heavy (non-hydrogen) atoms. The number of hydrogen-bond acceptors (Lipinski definition) is 3. The lowest BCUT2D eigenvalue weighted by molar-refractivity contribution is 0.259. The summed E-state index contributed by atoms with van der Waals surface area (Å²) in [4.78, 5) is 2.49. The topological polar surface area (TPSA) is 38.5 Å². The van der Waals surface area contributed by atoms with Crippen molar-refractivity contribution in [2.45, 2.75) is 31.8 Å². The summed E-state index contributed by atoms with van der Waals surface area (Å²) >= 11 is 6.34. The van der Waals surface area contributed by atoms with Gasteiger partial charge in [-0.25, -0.2) is 0 Å². The molecule has 0 amide bonds. The summed E-state index contributed by atoms with van der Waals surface area (Å²) in [6.07, 6.45) is 3.80. The lowest BCUT2D eigenvalue weighted by Gasteiger charge is -2.29. The second-order valence-corrected chi connectivity index (χ2v) is 6.54. The number of halogens is 2. The molecule has 0 radical (unpaired) electrons. The minimum absolute atomic E-state index is 0. The van der Waals surface area contributed by atoms with Crippen molar-refractivity contribution in [2.24, 2.45) is 17.6 Å². The van der Waals surface area contributed by atoms with Crippen LogP contribution in [0, 0.1) is 11.8 Å². The molecular formula is C16H24Cl2N2O. The van der Waals surface area contributed by atoms with Crippen molar-refractivity contribution in [1.82, 2.24) is 4.90 Å². The van der Waals surface area contributed by atoms with Crippen LogP contribution in [0.2, 0.25) is 5.02 Å². The lowest BCUT2D eigenvalue weighted by Crippen LogP contribution is -2.38. The van der Waals surface area contributed by atoms with Crippen LogP contribution in [-0.4, -0.2) is 31.1 Å². The van der Waals surface area contributed by atoms with Crippen molar-refractivity contribution in [1.29, 1.82) is 0 Å². The highest BCUT2D eigenvalue weighted by Gasteiger charge is 2.38. The highest BCUT2D eigenvalue weighted by molar-refractivity contribution is 6.31. The Morgan fingerprint density at radius 2 is 2.14 bits per heavy atom. The van der Waals surface area contributed by atoms with Crippen LogP contribution in [0.15, 0.2) is 18.2 Å². The molecule has 0 bridgehead atoms. The van der Waals surface area contributed by atoms with Crippen LogP contribution >= 0.6 is 24.0 Å². The molecule has 1 aliphatic heterocycles. The first-order valence-corrected chi connectivity index (χ1v) is 7.86. The maximum atomic E-state index is 6.34. The molecule has 3 unspecified atom stereocenters. The van der Waals surface area contributed by atoms with E-state index in [1.165, 1.54) is 19.3 Å². The van der Waals surface area contributed by atoms with E-state index in [1.807, 2.05) is 18.2 Å². The Labute approximate surface area is 138 Å². The molecule has 1 saturated heterocycles. The Morgan fingerprint density at radius 1 is 1.33 bits per heavy atom. The van der Waals surface area contributed by atoms with Crippen LogP contribution < -0.4 is 10.5 Å². The largest absolute Gasteiger partial charge is 0.496 e. The average Bonchev–Trinajstić information content (AvgIpc) is 2.85. The smallest absolute Gasteiger partial charge is 0.124 e. The van der Waals surface area contributed by atoms with Crippen LogP contribution in [0.5, 0.6) is 5.75 Å². The van der Waals surface area contributed by atoms with Gasteiger partial charge in [0.05, 0.1) is 7.11 Å². The van der Waals surface area contributed by atoms with Gasteiger partial charge >= 0.3 is 0 Å². The summed E-state index contributed by atoms with van der Waals surface area (Å²) in [7, 11) is 1.70. The first-order chi connectivity index (χ1) is 9.69. The maximum Gasteiger partial charge on any atom is 0.124 e. The Kier molecular flexibility index (Phi) is 5.78. The Balaban J connectivity index is 0.00000161. The fraction of sp³-hybridized carbons (Fsp3) is 0.625. The highest BCUT2D eigenvalue weighted by Crippen LogP contribution is 2.37. The van der Waals surface area contributed by atoms with E-state index in [4.69, 9.17) is 22.1 Å². The van der Waals surface area contributed by atoms with Crippen molar-refractivity contribution < 1.29 is 4.74 Å². The fourth-order valence-electron chi connectivity index (χ4n) is 3.85. The standard InChI is InChI=1S/C16H23ClN2O.ClH/c1-20-16-7-3-5-14(17)13(16)10-19-8-11-4-2-6-15(18)12(11)9-19;/h3,5,7,11-12,15H,2,4,6,8-10,18H2,1H3;1H. The van der Waals surface area contributed by atoms with Gasteiger partial charge in [-0.15, -0.1) is 12.4 Å². The number of ether oxygens (including phenoxy) is 1. The second kappa shape index (κ2) is 7.19. The zero-order valence-electron chi connectivity index (χ0n) is 12.4. The first-order valence-electron chi connectivity index (χ1n) is 7.48. The van der Waals surface area contributed by atoms with Gasteiger partial charge < -0.3 is 10.5 Å². The SMILES string of the molecule is COc1cccc(Cl)c1CN1CC2CCCC(N)C2C1.Cl. The monoisotopic (exact) mass is 330 g/mol. The predicted molar refractivity (Wildman–Crippen MR) is 89.3 cm³/mol. The van der Waals surface area contributed by atoms with E-state index in [2.05, 4.69) is 4.90 Å². The molecule has 0 spiro atoms. The average molecular weight is 331 g/mol. The van der Waals surface area contributed by atoms with Gasteiger partial charge in [-0.1, -0.05) is 24.1 Å². The van der Waals surface area contributed by atoms with E-state index in [0.717, 1.165) is 41.9 Å². The minimum Gasteiger partial charge on any atom is -0.496 e. The molecule has 1 aromatic rings. The number of fused-ring (bicyclic) bond motifs is 1. The lowest BCUT2D eigenvalue weighted by atomic mass is 9.78. The molecule has 0 aromatic heterocycles. The molecule has 2 fully saturated rings. The van der Waals surface area contributed by atoms with Crippen LogP contribution in [0.4, 0.5) is 0 Å². The molecular weight excluding hydrogens is 307 g/mol. The summed E-state index contributed by atoms with van der Waals surface area (Å²) < 4.78 is 5.44. The summed E-state index contributed by atoms with van der Waals surface area (Å²) in [5.41, 5.74) is 7.38. The Hall–Kier alpha value is -0.480. The summed E-state index contributed by atoms with van der Waals surface area (Å²) in [6, 6.07) is 6.24. The van der Waals surface area contributed by atoms with Crippen LogP contribution in [0.3, 0.4) is 0 Å². The summed E-state index contributed by atoms with van der Waals surface area (Å²) in [5, 5.41) is 0.795. The maximum absolute atomic E-state index is 6.34. The quantitative estimate of drug-likeness (QED) is 0.923. The number of likely N-dealkylation sites (tertiary alicyclic amines) is 1. The van der Waals surface area contributed by atoms with Crippen LogP contribution in [0.1, 0.15) is 24.8 Å². The summed E-state index contributed by atoms with van der Waals surface area (Å²) in [6.45, 7) is 3.11. The Morgan fingerprint density at radius 3 is 2.86 bits per heavy atom. The third-order valence-electron chi connectivity index (χ3n) is 4.91. The first kappa shape index (κ1) is 16.9. The van der Waals surface area contributed by atoms with Gasteiger partial charge in [-0.3, -0.25) is 4.90 Å². The zero-order valence-corrected chi connectivity index (χ0v) is 14.0. The molecule has 1 saturated carbocycles. The zero-order chi connectivity index (χ0) is 14.1. The van der Waals surface area contributed by atoms with Gasteiger partial charge in [-0.2, -0.15) is 0 Å². The Bertz CT molecular complexity index is 483. The van der Waals surface area contributed by atoms with Crippen molar-refractivity contribution >= 4 is 24.0 Å². The van der Waals surface area contributed by atoms with Gasteiger partial charge in [-0.05, 0) is 36.8 Å². The molecule has 2 aliphatic rings. The van der Waals surface area contributed by atoms with Crippen molar-refractivity contribution in [3.63, 3.8) is 0 Å². The van der Waals surface area contributed by atoms with Gasteiger partial charge in [0, 0.05) is 36.3 Å². The number of benzene rings is 1. The van der Waals surface area contributed by atoms with Crippen LogP contribution in [-0.2, 0) is 6.54 Å². The van der Waals surface area contributed by atoms with Crippen molar-refractivity contribution in [3.05, 3.63) is 28.8 Å². The van der Waals surface area contributed by atoms with Gasteiger partial charge in [0.1, 0.15) is 5.75 Å². The van der Waals surface area contributed by atoms with E-state index < -0.39 is 0 Å². The molecule has 1 heterocycles. The van der Waals surface area contributed by atoms with Crippen molar-refractivity contribution in [2.75, 3.05) is 20.2 Å². The van der Waals surface area contributed by atoms with E-state index in [0.29, 0.717) is 12.0 Å². The number of nitrogens with two attached hydrogens (primary N) is 1. The predicted octanol–water partition coefficient (Wildman–Crippen LogP) is 3.33. The second-order valence-electron chi connectivity index (χ2n) is 6.13. The third kappa shape index (κ3) is 3.48. The number of hydrogen-bond donors (Lipinski definition) is 1. The normalized spacial score (nSPS) is 28.8. The minimum atomic E-state index is 0. The molecule has 2 N–H and O–H groups in total. The van der Waals surface area contributed by atoms with Gasteiger partial charge in [0.15, 0.2) is 0 Å². The van der Waals surface area contributed by atoms with Gasteiger partial charge in [0.25, 0.3) is 0 Å². The highest BCUT2D eigenvalue weighted by atomic mass is 35.5. The van der Waals surface area contributed by atoms with E-state index in [1.54, 1.807) is 7.11 Å². The van der Waals surface area contributed by atoms with E-state index in [-0.39, 0.29) is 12.4 Å². The molecule has 1 aliphatic carbocycles. The molecule has 3 atom stereocenters. The molecule has 1 aromatic carbocycles. The van der Waals surface area contributed by atoms with Crippen LogP contribution in [0.25, 0.3) is 0 Å². The third-order valence-corrected chi connectivity index (χ3v) is 5.26. The number of methoxy groups -OCH3 is 1. The van der Waals surface area contributed by atoms with E-state index in [9.17, 15) is 0 Å². The fourth-order valence-corrected chi connectivity index (χ4v) is 4.07. The molecule has 3 nitrogen and oxygen atoms in total. The van der Waals surface area contributed by atoms with E-state index >= 15 is 0 Å². The molecule has 3 rings (SSSR count). The van der Waals surface area contributed by atoms with Gasteiger partial charge in [0.2, 0.25) is 0 Å². The summed E-state index contributed by atoms with van der Waals surface area (Å²) in [5.74, 6) is 2.32. The molecule has 118 valence electrons. The number of rotatable bonds is 3. The molecule has 5 heteroatoms. The van der Waals surface area contributed by atoms with Crippen molar-refractivity contribution in [3.8, 4) is 5.75 Å². The number of nitrogens with zero attached hydrogens (tertiary/aromatic N) is 1.